The molecule has 0 aliphatic heterocycles. The molecule has 0 unspecified atom stereocenters. The minimum atomic E-state index is -1.16. The van der Waals surface area contributed by atoms with Crippen molar-refractivity contribution in [2.45, 2.75) is 25.6 Å². The van der Waals surface area contributed by atoms with Crippen LogP contribution in [0.3, 0.4) is 0 Å². The maximum Gasteiger partial charge on any atom is 0.133 e. The molecular weight excluding hydrogens is 306 g/mol. The van der Waals surface area contributed by atoms with Crippen molar-refractivity contribution >= 4 is 33.4 Å². The van der Waals surface area contributed by atoms with E-state index in [2.05, 4.69) is 0 Å². The van der Waals surface area contributed by atoms with E-state index in [1.165, 1.54) is 12.1 Å². The van der Waals surface area contributed by atoms with E-state index in [1.54, 1.807) is 18.2 Å². The lowest BCUT2D eigenvalue weighted by molar-refractivity contribution is 0.238. The molecule has 0 amide bonds. The van der Waals surface area contributed by atoms with E-state index in [-0.39, 0.29) is 12.4 Å². The van der Waals surface area contributed by atoms with Crippen LogP contribution in [-0.2, 0) is 0 Å². The topological polar surface area (TPSA) is 30.9 Å². The molecule has 0 radical (unpaired) electrons. The van der Waals surface area contributed by atoms with Gasteiger partial charge in [0.15, 0.2) is 0 Å². The fraction of sp³-hybridized carbons (Fsp3) is 0.294. The molecule has 0 saturated heterocycles. The van der Waals surface area contributed by atoms with Crippen LogP contribution in [0.25, 0.3) is 21.8 Å². The van der Waals surface area contributed by atoms with Gasteiger partial charge in [0.25, 0.3) is 0 Å². The molecule has 2 nitrogen and oxygen atoms in total. The number of halogens is 3. The van der Waals surface area contributed by atoms with E-state index in [1.807, 2.05) is 17.6 Å². The van der Waals surface area contributed by atoms with Gasteiger partial charge in [-0.15, -0.1) is 0 Å². The Kier molecular flexibility index (Phi) is 4.06. The second-order valence-corrected chi connectivity index (χ2v) is 5.86. The molecule has 116 valence electrons. The van der Waals surface area contributed by atoms with Crippen molar-refractivity contribution in [2.24, 2.45) is 5.73 Å². The van der Waals surface area contributed by atoms with Gasteiger partial charge in [0.2, 0.25) is 0 Å². The lowest BCUT2D eigenvalue weighted by Crippen LogP contribution is -2.27. The van der Waals surface area contributed by atoms with Gasteiger partial charge in [0.05, 0.1) is 6.04 Å². The van der Waals surface area contributed by atoms with Gasteiger partial charge >= 0.3 is 0 Å². The molecular formula is C17H17ClF2N2. The third kappa shape index (κ3) is 2.36. The third-order valence-corrected chi connectivity index (χ3v) is 4.35. The lowest BCUT2D eigenvalue weighted by atomic mass is 10.1. The molecule has 0 spiro atoms. The van der Waals surface area contributed by atoms with E-state index in [0.717, 1.165) is 21.8 Å². The van der Waals surface area contributed by atoms with Crippen molar-refractivity contribution in [3.8, 4) is 0 Å². The van der Waals surface area contributed by atoms with Gasteiger partial charge in [-0.3, -0.25) is 0 Å². The molecule has 0 aliphatic rings. The first-order chi connectivity index (χ1) is 10.6. The largest absolute Gasteiger partial charge is 0.334 e. The standard InChI is InChI=1S/C17H17ClF2N2/c1-2-15(14(20)9-21)22-16-5-3-10(18)7-12(16)13-8-11(19)4-6-17(13)22/h3-8,14-15H,2,9,21H2,1H3/t14-,15+/m0/s1. The number of nitrogens with two attached hydrogens (primary N) is 1. The van der Waals surface area contributed by atoms with Crippen LogP contribution in [0.4, 0.5) is 8.78 Å². The molecule has 2 N–H and O–H groups in total. The highest BCUT2D eigenvalue weighted by Crippen LogP contribution is 2.36. The Morgan fingerprint density at radius 2 is 1.77 bits per heavy atom. The predicted molar refractivity (Wildman–Crippen MR) is 87.7 cm³/mol. The number of rotatable bonds is 4. The maximum absolute atomic E-state index is 14.3. The Labute approximate surface area is 132 Å². The van der Waals surface area contributed by atoms with Crippen molar-refractivity contribution in [2.75, 3.05) is 6.54 Å². The summed E-state index contributed by atoms with van der Waals surface area (Å²) in [6.45, 7) is 1.87. The van der Waals surface area contributed by atoms with E-state index >= 15 is 0 Å². The van der Waals surface area contributed by atoms with Crippen LogP contribution >= 0.6 is 11.6 Å². The summed E-state index contributed by atoms with van der Waals surface area (Å²) in [7, 11) is 0. The number of alkyl halides is 1. The number of nitrogens with zero attached hydrogens (tertiary/aromatic N) is 1. The van der Waals surface area contributed by atoms with Crippen LogP contribution in [0.15, 0.2) is 36.4 Å². The van der Waals surface area contributed by atoms with Crippen LogP contribution in [-0.4, -0.2) is 17.3 Å². The molecule has 0 bridgehead atoms. The Morgan fingerprint density at radius 3 is 2.41 bits per heavy atom. The van der Waals surface area contributed by atoms with Crippen LogP contribution < -0.4 is 5.73 Å². The first kappa shape index (κ1) is 15.3. The summed E-state index contributed by atoms with van der Waals surface area (Å²) >= 11 is 6.07. The Balaban J connectivity index is 2.40. The Morgan fingerprint density at radius 1 is 1.14 bits per heavy atom. The summed E-state index contributed by atoms with van der Waals surface area (Å²) in [4.78, 5) is 0. The first-order valence-corrected chi connectivity index (χ1v) is 7.67. The van der Waals surface area contributed by atoms with Crippen LogP contribution in [0, 0.1) is 5.82 Å². The van der Waals surface area contributed by atoms with Gasteiger partial charge in [-0.25, -0.2) is 8.78 Å². The van der Waals surface area contributed by atoms with E-state index in [4.69, 9.17) is 17.3 Å². The fourth-order valence-corrected chi connectivity index (χ4v) is 3.28. The minimum absolute atomic E-state index is 0.0472. The Hall–Kier alpha value is -1.65. The second-order valence-electron chi connectivity index (χ2n) is 5.42. The highest BCUT2D eigenvalue weighted by Gasteiger charge is 2.24. The van der Waals surface area contributed by atoms with E-state index in [0.29, 0.717) is 11.4 Å². The number of fused-ring (bicyclic) bond motifs is 3. The number of hydrogen-bond acceptors (Lipinski definition) is 1. The molecule has 1 heterocycles. The zero-order valence-electron chi connectivity index (χ0n) is 12.2. The molecule has 0 aliphatic carbocycles. The average molecular weight is 323 g/mol. The van der Waals surface area contributed by atoms with Crippen molar-refractivity contribution in [3.05, 3.63) is 47.2 Å². The zero-order valence-corrected chi connectivity index (χ0v) is 12.9. The monoisotopic (exact) mass is 322 g/mol. The van der Waals surface area contributed by atoms with Crippen molar-refractivity contribution < 1.29 is 8.78 Å². The van der Waals surface area contributed by atoms with Crippen LogP contribution in [0.1, 0.15) is 19.4 Å². The van der Waals surface area contributed by atoms with Gasteiger partial charge in [0.1, 0.15) is 12.0 Å². The first-order valence-electron chi connectivity index (χ1n) is 7.29. The van der Waals surface area contributed by atoms with Crippen LogP contribution in [0.5, 0.6) is 0 Å². The molecule has 2 aromatic carbocycles. The molecule has 22 heavy (non-hydrogen) atoms. The SMILES string of the molecule is CC[C@H]([C@@H](F)CN)n1c2ccc(F)cc2c2cc(Cl)ccc21. The van der Waals surface area contributed by atoms with Gasteiger partial charge in [-0.2, -0.15) is 0 Å². The average Bonchev–Trinajstić information content (AvgIpc) is 2.81. The van der Waals surface area contributed by atoms with Gasteiger partial charge in [0, 0.05) is 33.4 Å². The van der Waals surface area contributed by atoms with Crippen molar-refractivity contribution in [3.63, 3.8) is 0 Å². The molecule has 1 aromatic heterocycles. The number of benzene rings is 2. The Bertz CT molecular complexity index is 769. The molecule has 0 saturated carbocycles. The van der Waals surface area contributed by atoms with Crippen LogP contribution in [0.2, 0.25) is 5.02 Å². The lowest BCUT2D eigenvalue weighted by Gasteiger charge is -2.22. The molecule has 3 rings (SSSR count). The summed E-state index contributed by atoms with van der Waals surface area (Å²) in [5.41, 5.74) is 7.16. The smallest absolute Gasteiger partial charge is 0.133 e. The minimum Gasteiger partial charge on any atom is -0.334 e. The summed E-state index contributed by atoms with van der Waals surface area (Å²) in [5.74, 6) is -0.324. The van der Waals surface area contributed by atoms with Gasteiger partial charge in [-0.1, -0.05) is 18.5 Å². The zero-order chi connectivity index (χ0) is 15.9. The van der Waals surface area contributed by atoms with Crippen molar-refractivity contribution in [1.29, 1.82) is 0 Å². The number of aromatic nitrogens is 1. The quantitative estimate of drug-likeness (QED) is 0.732. The predicted octanol–water partition coefficient (Wildman–Crippen LogP) is 4.83. The van der Waals surface area contributed by atoms with E-state index < -0.39 is 12.2 Å². The fourth-order valence-electron chi connectivity index (χ4n) is 3.11. The van der Waals surface area contributed by atoms with Gasteiger partial charge < -0.3 is 10.3 Å². The molecule has 2 atom stereocenters. The summed E-state index contributed by atoms with van der Waals surface area (Å²) in [6.07, 6.45) is -0.568. The van der Waals surface area contributed by atoms with E-state index in [9.17, 15) is 8.78 Å². The summed E-state index contributed by atoms with van der Waals surface area (Å²) < 4.78 is 29.9. The summed E-state index contributed by atoms with van der Waals surface area (Å²) in [5, 5.41) is 2.13. The molecule has 0 fully saturated rings. The number of hydrogen-bond donors (Lipinski definition) is 1. The normalized spacial score (nSPS) is 14.6. The molecule has 3 aromatic rings. The maximum atomic E-state index is 14.3. The summed E-state index contributed by atoms with van der Waals surface area (Å²) in [6, 6.07) is 9.55. The second kappa shape index (κ2) is 5.86. The molecule has 5 heteroatoms. The third-order valence-electron chi connectivity index (χ3n) is 4.12. The highest BCUT2D eigenvalue weighted by molar-refractivity contribution is 6.31. The van der Waals surface area contributed by atoms with Gasteiger partial charge in [-0.05, 0) is 42.8 Å². The van der Waals surface area contributed by atoms with Crippen molar-refractivity contribution in [1.82, 2.24) is 4.57 Å². The highest BCUT2D eigenvalue weighted by atomic mass is 35.5.